The summed E-state index contributed by atoms with van der Waals surface area (Å²) in [5, 5.41) is 10.9. The summed E-state index contributed by atoms with van der Waals surface area (Å²) in [5.41, 5.74) is 2.94. The summed E-state index contributed by atoms with van der Waals surface area (Å²) in [5.74, 6) is 1.03. The molecule has 2 aromatic carbocycles. The summed E-state index contributed by atoms with van der Waals surface area (Å²) in [6, 6.07) is 16.5. The Kier molecular flexibility index (Phi) is 3.40. The molecule has 2 aliphatic heterocycles. The van der Waals surface area contributed by atoms with Crippen LogP contribution < -0.4 is 4.74 Å². The number of β-amino-alcohol motifs (C(OH)–C–C–N with tert-alkyl or cyclic N) is 1. The number of ether oxygens (including phenoxy) is 1. The molecule has 4 rings (SSSR count). The Morgan fingerprint density at radius 1 is 1.14 bits per heavy atom. The lowest BCUT2D eigenvalue weighted by Gasteiger charge is -2.24. The highest BCUT2D eigenvalue weighted by Gasteiger charge is 2.37. The van der Waals surface area contributed by atoms with Gasteiger partial charge in [0.05, 0.1) is 6.61 Å². The fourth-order valence-corrected chi connectivity index (χ4v) is 3.59. The number of likely N-dealkylation sites (tertiary alicyclic amines) is 1. The number of hydrogen-bond acceptors (Lipinski definition) is 3. The van der Waals surface area contributed by atoms with Crippen LogP contribution in [0.1, 0.15) is 23.1 Å². The highest BCUT2D eigenvalue weighted by molar-refractivity contribution is 5.39. The Morgan fingerprint density at radius 3 is 2.86 bits per heavy atom. The van der Waals surface area contributed by atoms with Crippen molar-refractivity contribution in [2.75, 3.05) is 19.7 Å². The van der Waals surface area contributed by atoms with Gasteiger partial charge in [0.2, 0.25) is 0 Å². The third kappa shape index (κ3) is 2.51. The molecule has 2 aliphatic rings. The summed E-state index contributed by atoms with van der Waals surface area (Å²) < 4.78 is 5.56. The zero-order chi connectivity index (χ0) is 15.0. The van der Waals surface area contributed by atoms with Crippen LogP contribution in [-0.4, -0.2) is 29.7 Å². The standard InChI is InChI=1S/C19H21NO2/c21-19(17-4-2-1-3-5-17)9-10-20(14-19)13-15-6-7-18-16(12-15)8-11-22-18/h1-7,12,21H,8-11,13-14H2/t19-/m1/s1. The molecule has 0 unspecified atom stereocenters. The molecule has 22 heavy (non-hydrogen) atoms. The Bertz CT molecular complexity index is 670. The average Bonchev–Trinajstić information content (AvgIpc) is 3.15. The van der Waals surface area contributed by atoms with Crippen LogP contribution in [0.3, 0.4) is 0 Å². The Hall–Kier alpha value is -1.84. The molecule has 1 N–H and O–H groups in total. The second-order valence-corrected chi connectivity index (χ2v) is 6.40. The summed E-state index contributed by atoms with van der Waals surface area (Å²) in [4.78, 5) is 2.34. The van der Waals surface area contributed by atoms with Crippen molar-refractivity contribution in [3.8, 4) is 5.75 Å². The van der Waals surface area contributed by atoms with E-state index in [2.05, 4.69) is 23.1 Å². The first-order valence-corrected chi connectivity index (χ1v) is 7.98. The molecule has 0 aliphatic carbocycles. The quantitative estimate of drug-likeness (QED) is 0.945. The zero-order valence-electron chi connectivity index (χ0n) is 12.7. The van der Waals surface area contributed by atoms with Gasteiger partial charge < -0.3 is 9.84 Å². The van der Waals surface area contributed by atoms with E-state index in [1.54, 1.807) is 0 Å². The summed E-state index contributed by atoms with van der Waals surface area (Å²) in [6.45, 7) is 3.32. The molecule has 2 aromatic rings. The minimum atomic E-state index is -0.707. The first kappa shape index (κ1) is 13.8. The highest BCUT2D eigenvalue weighted by Crippen LogP contribution is 2.33. The van der Waals surface area contributed by atoms with Gasteiger partial charge in [0.1, 0.15) is 11.4 Å². The van der Waals surface area contributed by atoms with Crippen LogP contribution in [0.4, 0.5) is 0 Å². The number of benzene rings is 2. The van der Waals surface area contributed by atoms with E-state index in [0.29, 0.717) is 6.54 Å². The van der Waals surface area contributed by atoms with E-state index in [9.17, 15) is 5.11 Å². The van der Waals surface area contributed by atoms with Gasteiger partial charge in [0.25, 0.3) is 0 Å². The molecule has 0 radical (unpaired) electrons. The summed E-state index contributed by atoms with van der Waals surface area (Å²) in [6.07, 6.45) is 1.81. The summed E-state index contributed by atoms with van der Waals surface area (Å²) >= 11 is 0. The molecule has 114 valence electrons. The number of rotatable bonds is 3. The molecule has 0 amide bonds. The second-order valence-electron chi connectivity index (χ2n) is 6.40. The first-order chi connectivity index (χ1) is 10.7. The van der Waals surface area contributed by atoms with E-state index < -0.39 is 5.60 Å². The maximum Gasteiger partial charge on any atom is 0.122 e. The largest absolute Gasteiger partial charge is 0.493 e. The first-order valence-electron chi connectivity index (χ1n) is 7.98. The molecule has 0 bridgehead atoms. The maximum atomic E-state index is 10.9. The molecule has 1 saturated heterocycles. The molecule has 3 nitrogen and oxygen atoms in total. The Balaban J connectivity index is 1.47. The van der Waals surface area contributed by atoms with Crippen molar-refractivity contribution < 1.29 is 9.84 Å². The van der Waals surface area contributed by atoms with E-state index in [1.165, 1.54) is 11.1 Å². The third-order valence-corrected chi connectivity index (χ3v) is 4.80. The fraction of sp³-hybridized carbons (Fsp3) is 0.368. The number of hydrogen-bond donors (Lipinski definition) is 1. The third-order valence-electron chi connectivity index (χ3n) is 4.80. The van der Waals surface area contributed by atoms with Gasteiger partial charge in [0.15, 0.2) is 0 Å². The van der Waals surface area contributed by atoms with Gasteiger partial charge in [-0.2, -0.15) is 0 Å². The van der Waals surface area contributed by atoms with Crippen LogP contribution in [0.2, 0.25) is 0 Å². The van der Waals surface area contributed by atoms with Crippen molar-refractivity contribution in [2.45, 2.75) is 25.0 Å². The lowest BCUT2D eigenvalue weighted by molar-refractivity contribution is 0.0453. The van der Waals surface area contributed by atoms with Gasteiger partial charge in [-0.3, -0.25) is 4.90 Å². The topological polar surface area (TPSA) is 32.7 Å². The molecule has 1 atom stereocenters. The highest BCUT2D eigenvalue weighted by atomic mass is 16.5. The number of fused-ring (bicyclic) bond motifs is 1. The van der Waals surface area contributed by atoms with Crippen LogP contribution in [-0.2, 0) is 18.6 Å². The molecular formula is C19H21NO2. The second kappa shape index (κ2) is 5.41. The van der Waals surface area contributed by atoms with Gasteiger partial charge in [-0.15, -0.1) is 0 Å². The van der Waals surface area contributed by atoms with Crippen molar-refractivity contribution in [3.63, 3.8) is 0 Å². The minimum Gasteiger partial charge on any atom is -0.493 e. The van der Waals surface area contributed by atoms with Gasteiger partial charge >= 0.3 is 0 Å². The van der Waals surface area contributed by atoms with Gasteiger partial charge in [-0.25, -0.2) is 0 Å². The fourth-order valence-electron chi connectivity index (χ4n) is 3.59. The van der Waals surface area contributed by atoms with E-state index in [4.69, 9.17) is 4.74 Å². The smallest absolute Gasteiger partial charge is 0.122 e. The normalized spacial score (nSPS) is 24.2. The maximum absolute atomic E-state index is 10.9. The van der Waals surface area contributed by atoms with Crippen molar-refractivity contribution in [3.05, 3.63) is 65.2 Å². The molecule has 1 fully saturated rings. The van der Waals surface area contributed by atoms with Crippen molar-refractivity contribution in [1.82, 2.24) is 4.90 Å². The van der Waals surface area contributed by atoms with Crippen molar-refractivity contribution in [1.29, 1.82) is 0 Å². The number of aliphatic hydroxyl groups is 1. The Morgan fingerprint density at radius 2 is 2.00 bits per heavy atom. The zero-order valence-corrected chi connectivity index (χ0v) is 12.7. The van der Waals surface area contributed by atoms with Crippen LogP contribution in [0.5, 0.6) is 5.75 Å². The lowest BCUT2D eigenvalue weighted by Crippen LogP contribution is -2.30. The Labute approximate surface area is 131 Å². The van der Waals surface area contributed by atoms with Crippen LogP contribution in [0, 0.1) is 0 Å². The molecule has 3 heteroatoms. The summed E-state index contributed by atoms with van der Waals surface area (Å²) in [7, 11) is 0. The molecule has 0 spiro atoms. The van der Waals surface area contributed by atoms with Gasteiger partial charge in [0, 0.05) is 26.1 Å². The van der Waals surface area contributed by atoms with Crippen LogP contribution in [0.25, 0.3) is 0 Å². The molecule has 0 saturated carbocycles. The van der Waals surface area contributed by atoms with Crippen LogP contribution >= 0.6 is 0 Å². The predicted octanol–water partition coefficient (Wildman–Crippen LogP) is 2.72. The van der Waals surface area contributed by atoms with Crippen molar-refractivity contribution >= 4 is 0 Å². The predicted molar refractivity (Wildman–Crippen MR) is 85.9 cm³/mol. The molecular weight excluding hydrogens is 274 g/mol. The van der Waals surface area contributed by atoms with E-state index in [1.807, 2.05) is 30.3 Å². The average molecular weight is 295 g/mol. The SMILES string of the molecule is O[C@]1(c2ccccc2)CCN(Cc2ccc3c(c2)CCO3)C1. The van der Waals surface area contributed by atoms with E-state index in [0.717, 1.165) is 43.9 Å². The number of nitrogens with zero attached hydrogens (tertiary/aromatic N) is 1. The van der Waals surface area contributed by atoms with Gasteiger partial charge in [-0.05, 0) is 29.2 Å². The molecule has 2 heterocycles. The molecule has 0 aromatic heterocycles. The van der Waals surface area contributed by atoms with Crippen molar-refractivity contribution in [2.24, 2.45) is 0 Å². The van der Waals surface area contributed by atoms with E-state index in [-0.39, 0.29) is 0 Å². The monoisotopic (exact) mass is 295 g/mol. The van der Waals surface area contributed by atoms with Gasteiger partial charge in [-0.1, -0.05) is 42.5 Å². The minimum absolute atomic E-state index is 0.699. The van der Waals surface area contributed by atoms with E-state index >= 15 is 0 Å². The lowest BCUT2D eigenvalue weighted by atomic mass is 9.93. The van der Waals surface area contributed by atoms with Crippen LogP contribution in [0.15, 0.2) is 48.5 Å².